The molecule has 7 nitrogen and oxygen atoms in total. The van der Waals surface area contributed by atoms with E-state index in [1.54, 1.807) is 22.9 Å². The van der Waals surface area contributed by atoms with Gasteiger partial charge < -0.3 is 15.1 Å². The van der Waals surface area contributed by atoms with E-state index in [9.17, 15) is 9.59 Å². The van der Waals surface area contributed by atoms with Crippen LogP contribution in [0.15, 0.2) is 36.4 Å². The van der Waals surface area contributed by atoms with E-state index >= 15 is 0 Å². The van der Waals surface area contributed by atoms with Crippen LogP contribution in [0, 0.1) is 6.92 Å². The van der Waals surface area contributed by atoms with Gasteiger partial charge in [0.05, 0.1) is 0 Å². The lowest BCUT2D eigenvalue weighted by atomic mass is 10.2. The number of nitrogens with one attached hydrogen (secondary N) is 1. The first-order valence-corrected chi connectivity index (χ1v) is 9.69. The maximum Gasteiger partial charge on any atom is 0.272 e. The molecule has 0 atom stereocenters. The van der Waals surface area contributed by atoms with Crippen molar-refractivity contribution in [1.29, 1.82) is 0 Å². The molecule has 0 radical (unpaired) electrons. The lowest BCUT2D eigenvalue weighted by molar-refractivity contribution is -0.130. The minimum Gasteiger partial charge on any atom is -0.370 e. The van der Waals surface area contributed by atoms with Gasteiger partial charge in [-0.3, -0.25) is 9.59 Å². The molecule has 148 valence electrons. The molecule has 28 heavy (non-hydrogen) atoms. The first kappa shape index (κ1) is 19.8. The predicted octanol–water partition coefficient (Wildman–Crippen LogP) is 2.13. The zero-order chi connectivity index (χ0) is 19.9. The van der Waals surface area contributed by atoms with Gasteiger partial charge in [-0.05, 0) is 50.5 Å². The third-order valence-electron chi connectivity index (χ3n) is 4.79. The standard InChI is InChI=1S/C21H27N5O2/c1-16-7-3-10-18(23-16)21(28)26-14-5-9-17-8-4-11-19(24-17)22-12-6-13-25(2)20(27)15-26/h3-4,7-8,10-11H,5-6,9,12-15H2,1-2H3,(H,22,24). The van der Waals surface area contributed by atoms with Gasteiger partial charge in [0, 0.05) is 38.1 Å². The quantitative estimate of drug-likeness (QED) is 0.819. The minimum atomic E-state index is -0.207. The van der Waals surface area contributed by atoms with Gasteiger partial charge in [-0.1, -0.05) is 12.1 Å². The molecule has 0 saturated carbocycles. The number of carbonyl (C=O) groups excluding carboxylic acids is 2. The number of aryl methyl sites for hydroxylation is 2. The fraction of sp³-hybridized carbons (Fsp3) is 0.429. The first-order valence-electron chi connectivity index (χ1n) is 9.69. The third-order valence-corrected chi connectivity index (χ3v) is 4.79. The van der Waals surface area contributed by atoms with Crippen LogP contribution < -0.4 is 5.32 Å². The number of hydrogen-bond donors (Lipinski definition) is 1. The van der Waals surface area contributed by atoms with Crippen molar-refractivity contribution in [3.05, 3.63) is 53.5 Å². The average Bonchev–Trinajstić information content (AvgIpc) is 2.69. The Bertz CT molecular complexity index is 839. The second kappa shape index (κ2) is 9.30. The zero-order valence-corrected chi connectivity index (χ0v) is 16.5. The van der Waals surface area contributed by atoms with Gasteiger partial charge in [0.15, 0.2) is 0 Å². The molecule has 3 heterocycles. The van der Waals surface area contributed by atoms with Gasteiger partial charge in [0.2, 0.25) is 5.91 Å². The molecule has 0 fully saturated rings. The van der Waals surface area contributed by atoms with Gasteiger partial charge >= 0.3 is 0 Å². The van der Waals surface area contributed by atoms with E-state index in [0.29, 0.717) is 18.8 Å². The SMILES string of the molecule is Cc1cccc(C(=O)N2CCCc3cccc(n3)NCCCN(C)C(=O)C2)n1. The van der Waals surface area contributed by atoms with Crippen LogP contribution in [0.5, 0.6) is 0 Å². The van der Waals surface area contributed by atoms with Crippen LogP contribution in [-0.2, 0) is 11.2 Å². The summed E-state index contributed by atoms with van der Waals surface area (Å²) < 4.78 is 0. The van der Waals surface area contributed by atoms with Crippen LogP contribution in [-0.4, -0.2) is 64.8 Å². The molecule has 2 amide bonds. The highest BCUT2D eigenvalue weighted by atomic mass is 16.2. The second-order valence-corrected chi connectivity index (χ2v) is 7.10. The van der Waals surface area contributed by atoms with Gasteiger partial charge in [0.25, 0.3) is 5.91 Å². The largest absolute Gasteiger partial charge is 0.370 e. The van der Waals surface area contributed by atoms with Crippen LogP contribution >= 0.6 is 0 Å². The number of carbonyl (C=O) groups is 2. The normalized spacial score (nSPS) is 16.3. The Balaban J connectivity index is 1.79. The second-order valence-electron chi connectivity index (χ2n) is 7.10. The van der Waals surface area contributed by atoms with Crippen molar-refractivity contribution in [3.8, 4) is 0 Å². The number of aromatic nitrogens is 2. The van der Waals surface area contributed by atoms with E-state index in [2.05, 4.69) is 15.3 Å². The van der Waals surface area contributed by atoms with Crippen molar-refractivity contribution in [3.63, 3.8) is 0 Å². The number of anilines is 1. The van der Waals surface area contributed by atoms with Crippen LogP contribution in [0.25, 0.3) is 0 Å². The molecule has 0 saturated heterocycles. The molecule has 0 spiro atoms. The average molecular weight is 381 g/mol. The predicted molar refractivity (Wildman–Crippen MR) is 108 cm³/mol. The molecule has 1 N–H and O–H groups in total. The van der Waals surface area contributed by atoms with Gasteiger partial charge in [-0.2, -0.15) is 0 Å². The molecule has 1 aliphatic rings. The highest BCUT2D eigenvalue weighted by Gasteiger charge is 2.22. The third kappa shape index (κ3) is 5.28. The van der Waals surface area contributed by atoms with Crippen LogP contribution in [0.3, 0.4) is 0 Å². The summed E-state index contributed by atoms with van der Waals surface area (Å²) in [6, 6.07) is 11.3. The molecular weight excluding hydrogens is 354 g/mol. The van der Waals surface area contributed by atoms with Crippen molar-refractivity contribution in [2.75, 3.05) is 38.5 Å². The number of hydrogen-bond acceptors (Lipinski definition) is 5. The Morgan fingerprint density at radius 2 is 1.89 bits per heavy atom. The number of likely N-dealkylation sites (N-methyl/N-ethyl adjacent to an activating group) is 1. The molecule has 2 aromatic rings. The van der Waals surface area contributed by atoms with Crippen molar-refractivity contribution in [1.82, 2.24) is 19.8 Å². The first-order chi connectivity index (χ1) is 13.5. The van der Waals surface area contributed by atoms with Gasteiger partial charge in [-0.15, -0.1) is 0 Å². The van der Waals surface area contributed by atoms with E-state index in [4.69, 9.17) is 0 Å². The Kier molecular flexibility index (Phi) is 6.57. The van der Waals surface area contributed by atoms with E-state index in [1.807, 2.05) is 37.3 Å². The number of rotatable bonds is 1. The van der Waals surface area contributed by atoms with E-state index < -0.39 is 0 Å². The topological polar surface area (TPSA) is 78.4 Å². The summed E-state index contributed by atoms with van der Waals surface area (Å²) in [7, 11) is 1.78. The molecule has 0 unspecified atom stereocenters. The smallest absolute Gasteiger partial charge is 0.272 e. The summed E-state index contributed by atoms with van der Waals surface area (Å²) in [5.74, 6) is 0.580. The number of nitrogens with zero attached hydrogens (tertiary/aromatic N) is 4. The van der Waals surface area contributed by atoms with Gasteiger partial charge in [0.1, 0.15) is 18.1 Å². The van der Waals surface area contributed by atoms with Crippen molar-refractivity contribution in [2.24, 2.45) is 0 Å². The lowest BCUT2D eigenvalue weighted by Crippen LogP contribution is -2.43. The van der Waals surface area contributed by atoms with Gasteiger partial charge in [-0.25, -0.2) is 9.97 Å². The Hall–Kier alpha value is -2.96. The molecule has 3 rings (SSSR count). The summed E-state index contributed by atoms with van der Waals surface area (Å²) in [4.78, 5) is 37.9. The fourth-order valence-electron chi connectivity index (χ4n) is 3.19. The highest BCUT2D eigenvalue weighted by Crippen LogP contribution is 2.11. The van der Waals surface area contributed by atoms with Crippen LogP contribution in [0.2, 0.25) is 0 Å². The Morgan fingerprint density at radius 3 is 2.71 bits per heavy atom. The molecule has 1 aliphatic heterocycles. The molecule has 0 aromatic carbocycles. The van der Waals surface area contributed by atoms with Crippen LogP contribution in [0.4, 0.5) is 5.82 Å². The number of pyridine rings is 2. The number of fused-ring (bicyclic) bond motifs is 2. The monoisotopic (exact) mass is 381 g/mol. The van der Waals surface area contributed by atoms with E-state index in [0.717, 1.165) is 43.0 Å². The molecule has 7 heteroatoms. The zero-order valence-electron chi connectivity index (χ0n) is 16.5. The maximum atomic E-state index is 13.0. The van der Waals surface area contributed by atoms with Crippen molar-refractivity contribution in [2.45, 2.75) is 26.2 Å². The molecule has 2 aromatic heterocycles. The lowest BCUT2D eigenvalue weighted by Gasteiger charge is -2.25. The van der Waals surface area contributed by atoms with Crippen molar-refractivity contribution >= 4 is 17.6 Å². The Labute approximate surface area is 165 Å². The van der Waals surface area contributed by atoms with Crippen molar-refractivity contribution < 1.29 is 9.59 Å². The van der Waals surface area contributed by atoms with E-state index in [-0.39, 0.29) is 18.4 Å². The fourth-order valence-corrected chi connectivity index (χ4v) is 3.19. The summed E-state index contributed by atoms with van der Waals surface area (Å²) >= 11 is 0. The highest BCUT2D eigenvalue weighted by molar-refractivity contribution is 5.95. The van der Waals surface area contributed by atoms with Crippen LogP contribution in [0.1, 0.15) is 34.7 Å². The summed E-state index contributed by atoms with van der Waals surface area (Å²) in [5, 5.41) is 3.31. The maximum absolute atomic E-state index is 13.0. The molecule has 2 bridgehead atoms. The van der Waals surface area contributed by atoms with E-state index in [1.165, 1.54) is 0 Å². The molecular formula is C21H27N5O2. The number of amides is 2. The summed E-state index contributed by atoms with van der Waals surface area (Å²) in [6.07, 6.45) is 2.27. The minimum absolute atomic E-state index is 0.0605. The molecule has 0 aliphatic carbocycles. The Morgan fingerprint density at radius 1 is 1.07 bits per heavy atom. The summed E-state index contributed by atoms with van der Waals surface area (Å²) in [6.45, 7) is 3.75. The summed E-state index contributed by atoms with van der Waals surface area (Å²) in [5.41, 5.74) is 2.14.